The van der Waals surface area contributed by atoms with E-state index in [1.807, 2.05) is 0 Å². The summed E-state index contributed by atoms with van der Waals surface area (Å²) in [4.78, 5) is 25.5. The minimum Gasteiger partial charge on any atom is -0.481 e. The number of amides is 1. The second-order valence-electron chi connectivity index (χ2n) is 9.60. The highest BCUT2D eigenvalue weighted by Gasteiger charge is 2.31. The first-order chi connectivity index (χ1) is 22.5. The summed E-state index contributed by atoms with van der Waals surface area (Å²) >= 11 is 0. The molecule has 1 aromatic heterocycles. The van der Waals surface area contributed by atoms with Gasteiger partial charge in [-0.1, -0.05) is 62.2 Å². The van der Waals surface area contributed by atoms with Crippen LogP contribution in [-0.2, 0) is 11.3 Å². The largest absolute Gasteiger partial charge is 0.481 e. The summed E-state index contributed by atoms with van der Waals surface area (Å²) in [6.07, 6.45) is -4.10. The van der Waals surface area contributed by atoms with E-state index in [9.17, 15) is 25.6 Å². The number of aliphatic hydroxyl groups excluding tert-OH is 2. The van der Waals surface area contributed by atoms with Crippen molar-refractivity contribution in [1.82, 2.24) is 4.57 Å². The van der Waals surface area contributed by atoms with Gasteiger partial charge in [0.05, 0.1) is 29.9 Å². The van der Waals surface area contributed by atoms with Crippen molar-refractivity contribution in [3.8, 4) is 22.4 Å². The smallest absolute Gasteiger partial charge is 0.305 e. The molecule has 0 aliphatic rings. The summed E-state index contributed by atoms with van der Waals surface area (Å²) in [6.45, 7) is -7.46. The minimum absolute atomic E-state index is 0.0659. The van der Waals surface area contributed by atoms with Gasteiger partial charge in [0.25, 0.3) is 5.91 Å². The van der Waals surface area contributed by atoms with E-state index < -0.39 is 67.2 Å². The first-order valence-corrected chi connectivity index (χ1v) is 13.0. The van der Waals surface area contributed by atoms with Gasteiger partial charge >= 0.3 is 5.97 Å². The fourth-order valence-electron chi connectivity index (χ4n) is 4.83. The summed E-state index contributed by atoms with van der Waals surface area (Å²) in [5, 5.41) is 32.7. The van der Waals surface area contributed by atoms with Gasteiger partial charge in [0.1, 0.15) is 5.82 Å². The Kier molecular flexibility index (Phi) is 7.01. The van der Waals surface area contributed by atoms with Crippen LogP contribution in [0.3, 0.4) is 0 Å². The number of aromatic nitrogens is 1. The Balaban J connectivity index is 2.13. The molecule has 4 aromatic rings. The number of anilines is 1. The number of rotatable bonds is 12. The number of carbonyl (C=O) groups is 2. The third-order valence-electron chi connectivity index (χ3n) is 6.58. The van der Waals surface area contributed by atoms with Crippen molar-refractivity contribution in [2.45, 2.75) is 57.6 Å². The van der Waals surface area contributed by atoms with Crippen molar-refractivity contribution in [1.29, 1.82) is 0 Å². The van der Waals surface area contributed by atoms with Crippen molar-refractivity contribution in [3.05, 3.63) is 102 Å². The van der Waals surface area contributed by atoms with Crippen molar-refractivity contribution in [2.75, 3.05) is 5.32 Å². The van der Waals surface area contributed by atoms with Crippen molar-refractivity contribution in [3.63, 3.8) is 0 Å². The summed E-state index contributed by atoms with van der Waals surface area (Å²) in [6, 6.07) is 21.3. The predicted octanol–water partition coefficient (Wildman–Crippen LogP) is 6.31. The third kappa shape index (κ3) is 7.28. The molecule has 0 spiro atoms. The molecule has 0 bridgehead atoms. The van der Waals surface area contributed by atoms with Crippen LogP contribution < -0.4 is 5.32 Å². The van der Waals surface area contributed by atoms with E-state index in [-0.39, 0.29) is 36.2 Å². The van der Waals surface area contributed by atoms with Crippen LogP contribution in [0, 0.1) is 5.82 Å². The lowest BCUT2D eigenvalue weighted by molar-refractivity contribution is -0.139. The normalized spacial score (nSPS) is 16.1. The molecule has 41 heavy (non-hydrogen) atoms. The number of nitrogens with one attached hydrogen (secondary N) is 1. The average Bonchev–Trinajstić information content (AvgIpc) is 3.34. The number of halogens is 1. The Morgan fingerprint density at radius 3 is 2.17 bits per heavy atom. The van der Waals surface area contributed by atoms with Crippen molar-refractivity contribution >= 4 is 17.6 Å². The fourth-order valence-corrected chi connectivity index (χ4v) is 4.83. The van der Waals surface area contributed by atoms with E-state index in [0.29, 0.717) is 11.3 Å². The van der Waals surface area contributed by atoms with Crippen LogP contribution in [-0.4, -0.2) is 44.0 Å². The van der Waals surface area contributed by atoms with E-state index in [1.165, 1.54) is 16.7 Å². The Bertz CT molecular complexity index is 1710. The molecule has 3 aromatic carbocycles. The average molecular weight is 566 g/mol. The molecule has 0 saturated carbocycles. The number of carboxylic acids is 1. The van der Waals surface area contributed by atoms with Gasteiger partial charge in [-0.2, -0.15) is 0 Å². The lowest BCUT2D eigenvalue weighted by atomic mass is 9.94. The Morgan fingerprint density at radius 1 is 0.927 bits per heavy atom. The molecule has 8 heteroatoms. The molecule has 7 nitrogen and oxygen atoms in total. The van der Waals surface area contributed by atoms with Gasteiger partial charge in [0.15, 0.2) is 0 Å². The molecule has 0 aliphatic heterocycles. The predicted molar refractivity (Wildman–Crippen MR) is 157 cm³/mol. The number of aliphatic carboxylic acids is 1. The van der Waals surface area contributed by atoms with E-state index >= 15 is 0 Å². The quantitative estimate of drug-likeness (QED) is 0.161. The molecular weight excluding hydrogens is 523 g/mol. The first kappa shape index (κ1) is 21.5. The number of hydrogen-bond acceptors (Lipinski definition) is 4. The second kappa shape index (κ2) is 13.4. The number of carboxylic acid groups (broad SMARTS) is 1. The zero-order valence-corrected chi connectivity index (χ0v) is 22.0. The third-order valence-corrected chi connectivity index (χ3v) is 6.58. The number of carbonyl (C=O) groups excluding carboxylic acids is 1. The summed E-state index contributed by atoms with van der Waals surface area (Å²) in [5.74, 6) is -6.24. The summed E-state index contributed by atoms with van der Waals surface area (Å²) < 4.78 is 75.0. The van der Waals surface area contributed by atoms with Crippen molar-refractivity contribution in [2.24, 2.45) is 0 Å². The maximum atomic E-state index is 14.4. The van der Waals surface area contributed by atoms with Gasteiger partial charge < -0.3 is 25.2 Å². The number of benzene rings is 3. The monoisotopic (exact) mass is 565 g/mol. The van der Waals surface area contributed by atoms with Crippen LogP contribution in [0.15, 0.2) is 84.9 Å². The lowest BCUT2D eigenvalue weighted by Crippen LogP contribution is -2.22. The van der Waals surface area contributed by atoms with E-state index in [2.05, 4.69) is 5.32 Å². The van der Waals surface area contributed by atoms with Gasteiger partial charge in [0, 0.05) is 33.1 Å². The molecule has 1 amide bonds. The SMILES string of the molecule is [2H]C([2H])([2H])C([2H])(c1c(C(=O)Nc2ccccc2)c(-c2ccccc2)c(-c2ccc(F)cc2)n1CC[C@@H](O)C[C@@H](O)CC(=O)O)C([2H])([2H])[2H]. The van der Waals surface area contributed by atoms with Crippen LogP contribution in [0.5, 0.6) is 0 Å². The van der Waals surface area contributed by atoms with Crippen LogP contribution in [0.1, 0.15) is 64.5 Å². The van der Waals surface area contributed by atoms with Crippen LogP contribution >= 0.6 is 0 Å². The van der Waals surface area contributed by atoms with Gasteiger partial charge in [-0.3, -0.25) is 9.59 Å². The van der Waals surface area contributed by atoms with Crippen molar-refractivity contribution < 1.29 is 38.9 Å². The molecule has 1 heterocycles. The molecule has 0 saturated heterocycles. The maximum Gasteiger partial charge on any atom is 0.305 e. The standard InChI is InChI=1S/C33H35FN2O5/c1-21(2)31-30(33(41)35-25-11-7-4-8-12-25)29(22-9-5-3-6-10-22)32(23-13-15-24(34)16-14-23)36(31)18-17-26(37)19-27(38)20-28(39)40/h3-16,21,26-27,37-38H,17-20H2,1-2H3,(H,35,41)(H,39,40)/t26-,27-/m1/s1/i1D3,2D3,21D. The van der Waals surface area contributed by atoms with E-state index in [4.69, 9.17) is 13.3 Å². The number of para-hydroxylation sites is 1. The Hall–Kier alpha value is -4.27. The van der Waals surface area contributed by atoms with E-state index in [1.54, 1.807) is 60.7 Å². The molecule has 0 unspecified atom stereocenters. The Labute approximate surface area is 248 Å². The molecule has 4 rings (SSSR count). The first-order valence-electron chi connectivity index (χ1n) is 16.5. The number of hydrogen-bond donors (Lipinski definition) is 4. The zero-order valence-electron chi connectivity index (χ0n) is 29.0. The second-order valence-corrected chi connectivity index (χ2v) is 9.60. The molecule has 0 fully saturated rings. The van der Waals surface area contributed by atoms with Gasteiger partial charge in [-0.15, -0.1) is 0 Å². The van der Waals surface area contributed by atoms with Crippen LogP contribution in [0.4, 0.5) is 10.1 Å². The minimum atomic E-state index is -3.54. The molecule has 214 valence electrons. The maximum absolute atomic E-state index is 14.4. The summed E-state index contributed by atoms with van der Waals surface area (Å²) in [5.41, 5.74) is -0.0712. The molecule has 0 aliphatic carbocycles. The lowest BCUT2D eigenvalue weighted by Gasteiger charge is -2.20. The number of nitrogens with zero attached hydrogens (tertiary/aromatic N) is 1. The van der Waals surface area contributed by atoms with Crippen LogP contribution in [0.2, 0.25) is 0 Å². The van der Waals surface area contributed by atoms with Gasteiger partial charge in [-0.05, 0) is 66.3 Å². The zero-order chi connectivity index (χ0) is 35.4. The van der Waals surface area contributed by atoms with Crippen LogP contribution in [0.25, 0.3) is 22.4 Å². The summed E-state index contributed by atoms with van der Waals surface area (Å²) in [7, 11) is 0. The van der Waals surface area contributed by atoms with Gasteiger partial charge in [-0.25, -0.2) is 4.39 Å². The molecule has 2 atom stereocenters. The molecule has 0 radical (unpaired) electrons. The highest BCUT2D eigenvalue weighted by Crippen LogP contribution is 2.42. The highest BCUT2D eigenvalue weighted by atomic mass is 19.1. The van der Waals surface area contributed by atoms with Gasteiger partial charge in [0.2, 0.25) is 0 Å². The highest BCUT2D eigenvalue weighted by molar-refractivity contribution is 6.12. The number of aliphatic hydroxyl groups is 2. The van der Waals surface area contributed by atoms with E-state index in [0.717, 1.165) is 12.1 Å². The fraction of sp³-hybridized carbons (Fsp3) is 0.273. The molecule has 4 N–H and O–H groups in total. The Morgan fingerprint density at radius 2 is 1.56 bits per heavy atom. The topological polar surface area (TPSA) is 112 Å². The molecular formula is C33H35FN2O5.